The van der Waals surface area contributed by atoms with Gasteiger partial charge in [0.2, 0.25) is 0 Å². The van der Waals surface area contributed by atoms with Crippen molar-refractivity contribution in [1.82, 2.24) is 19.6 Å². The Bertz CT molecular complexity index is 762. The van der Waals surface area contributed by atoms with Crippen molar-refractivity contribution < 1.29 is 9.90 Å². The van der Waals surface area contributed by atoms with E-state index in [-0.39, 0.29) is 5.56 Å². The maximum absolute atomic E-state index is 10.9. The van der Waals surface area contributed by atoms with Gasteiger partial charge in [0.15, 0.2) is 11.5 Å². The standard InChI is InChI=1S/C13H10N4O2/c1-8-2-3-10(14-7-8)12-16-15-11-6-9(13(18)19)4-5-17(11)12/h2-7H,1H3,(H,18,19). The van der Waals surface area contributed by atoms with Gasteiger partial charge in [0.05, 0.1) is 5.56 Å². The minimum atomic E-state index is -0.986. The van der Waals surface area contributed by atoms with Crippen molar-refractivity contribution in [1.29, 1.82) is 0 Å². The lowest BCUT2D eigenvalue weighted by Gasteiger charge is -2.00. The number of carboxylic acid groups (broad SMARTS) is 1. The molecule has 0 aromatic carbocycles. The van der Waals surface area contributed by atoms with Gasteiger partial charge < -0.3 is 5.11 Å². The number of fused-ring (bicyclic) bond motifs is 1. The quantitative estimate of drug-likeness (QED) is 0.754. The van der Waals surface area contributed by atoms with Gasteiger partial charge in [-0.05, 0) is 30.7 Å². The van der Waals surface area contributed by atoms with Crippen LogP contribution in [0, 0.1) is 6.92 Å². The van der Waals surface area contributed by atoms with Gasteiger partial charge in [-0.1, -0.05) is 6.07 Å². The summed E-state index contributed by atoms with van der Waals surface area (Å²) in [5.41, 5.74) is 2.42. The fourth-order valence-electron chi connectivity index (χ4n) is 1.80. The minimum Gasteiger partial charge on any atom is -0.478 e. The summed E-state index contributed by atoms with van der Waals surface area (Å²) in [5.74, 6) is -0.396. The molecule has 0 unspecified atom stereocenters. The number of carbonyl (C=O) groups is 1. The first kappa shape index (κ1) is 11.3. The summed E-state index contributed by atoms with van der Waals surface area (Å²) < 4.78 is 1.71. The molecule has 0 fully saturated rings. The molecule has 6 nitrogen and oxygen atoms in total. The number of aromatic carboxylic acids is 1. The molecule has 3 rings (SSSR count). The second kappa shape index (κ2) is 4.16. The molecule has 0 saturated carbocycles. The fraction of sp³-hybridized carbons (Fsp3) is 0.0769. The third-order valence-electron chi connectivity index (χ3n) is 2.80. The van der Waals surface area contributed by atoms with Gasteiger partial charge in [0, 0.05) is 12.4 Å². The highest BCUT2D eigenvalue weighted by molar-refractivity contribution is 5.88. The maximum atomic E-state index is 10.9. The average Bonchev–Trinajstić information content (AvgIpc) is 2.82. The zero-order valence-corrected chi connectivity index (χ0v) is 10.1. The van der Waals surface area contributed by atoms with Gasteiger partial charge in [-0.2, -0.15) is 0 Å². The van der Waals surface area contributed by atoms with E-state index >= 15 is 0 Å². The van der Waals surface area contributed by atoms with E-state index in [9.17, 15) is 4.79 Å². The van der Waals surface area contributed by atoms with Crippen LogP contribution in [0.4, 0.5) is 0 Å². The Hall–Kier alpha value is -2.76. The lowest BCUT2D eigenvalue weighted by atomic mass is 10.2. The van der Waals surface area contributed by atoms with E-state index in [1.54, 1.807) is 16.8 Å². The van der Waals surface area contributed by atoms with Gasteiger partial charge in [-0.15, -0.1) is 10.2 Å². The Balaban J connectivity index is 2.15. The first-order valence-electron chi connectivity index (χ1n) is 5.66. The van der Waals surface area contributed by atoms with Crippen molar-refractivity contribution in [2.45, 2.75) is 6.92 Å². The van der Waals surface area contributed by atoms with Crippen molar-refractivity contribution in [3.05, 3.63) is 47.8 Å². The highest BCUT2D eigenvalue weighted by Crippen LogP contribution is 2.17. The largest absolute Gasteiger partial charge is 0.478 e. The van der Waals surface area contributed by atoms with Gasteiger partial charge in [-0.25, -0.2) is 4.79 Å². The van der Waals surface area contributed by atoms with Crippen molar-refractivity contribution in [3.63, 3.8) is 0 Å². The summed E-state index contributed by atoms with van der Waals surface area (Å²) >= 11 is 0. The van der Waals surface area contributed by atoms with Gasteiger partial charge in [0.25, 0.3) is 0 Å². The fourth-order valence-corrected chi connectivity index (χ4v) is 1.80. The summed E-state index contributed by atoms with van der Waals surface area (Å²) in [6, 6.07) is 6.79. The summed E-state index contributed by atoms with van der Waals surface area (Å²) in [5, 5.41) is 17.0. The molecule has 0 saturated heterocycles. The number of pyridine rings is 2. The smallest absolute Gasteiger partial charge is 0.335 e. The zero-order chi connectivity index (χ0) is 13.4. The third-order valence-corrected chi connectivity index (χ3v) is 2.80. The third kappa shape index (κ3) is 1.93. The number of hydrogen-bond acceptors (Lipinski definition) is 4. The Morgan fingerprint density at radius 2 is 2.11 bits per heavy atom. The van der Waals surface area contributed by atoms with E-state index in [2.05, 4.69) is 15.2 Å². The van der Waals surface area contributed by atoms with Crippen molar-refractivity contribution in [3.8, 4) is 11.5 Å². The van der Waals surface area contributed by atoms with Crippen molar-refractivity contribution >= 4 is 11.6 Å². The number of hydrogen-bond donors (Lipinski definition) is 1. The van der Waals surface area contributed by atoms with E-state index in [1.165, 1.54) is 12.1 Å². The van der Waals surface area contributed by atoms with Crippen LogP contribution < -0.4 is 0 Å². The lowest BCUT2D eigenvalue weighted by Crippen LogP contribution is -1.98. The number of aromatic nitrogens is 4. The second-order valence-electron chi connectivity index (χ2n) is 4.19. The van der Waals surface area contributed by atoms with Crippen LogP contribution in [0.5, 0.6) is 0 Å². The molecule has 0 atom stereocenters. The van der Waals surface area contributed by atoms with E-state index in [0.29, 0.717) is 17.2 Å². The van der Waals surface area contributed by atoms with Crippen LogP contribution in [0.3, 0.4) is 0 Å². The Labute approximate surface area is 108 Å². The molecule has 0 spiro atoms. The van der Waals surface area contributed by atoms with Gasteiger partial charge in [0.1, 0.15) is 5.69 Å². The Morgan fingerprint density at radius 3 is 2.79 bits per heavy atom. The van der Waals surface area contributed by atoms with Gasteiger partial charge in [-0.3, -0.25) is 9.38 Å². The molecule has 0 aliphatic rings. The van der Waals surface area contributed by atoms with E-state index < -0.39 is 5.97 Å². The van der Waals surface area contributed by atoms with E-state index in [1.807, 2.05) is 19.1 Å². The molecule has 1 N–H and O–H groups in total. The molecular formula is C13H10N4O2. The molecular weight excluding hydrogens is 244 g/mol. The number of nitrogens with zero attached hydrogens (tertiary/aromatic N) is 4. The molecule has 3 heterocycles. The predicted octanol–water partition coefficient (Wildman–Crippen LogP) is 1.80. The zero-order valence-electron chi connectivity index (χ0n) is 10.1. The molecule has 0 bridgehead atoms. The first-order valence-corrected chi connectivity index (χ1v) is 5.66. The predicted molar refractivity (Wildman–Crippen MR) is 67.9 cm³/mol. The lowest BCUT2D eigenvalue weighted by molar-refractivity contribution is 0.0697. The molecule has 0 amide bonds. The summed E-state index contributed by atoms with van der Waals surface area (Å²) in [4.78, 5) is 15.2. The highest BCUT2D eigenvalue weighted by Gasteiger charge is 2.11. The molecule has 3 aromatic heterocycles. The van der Waals surface area contributed by atoms with Gasteiger partial charge >= 0.3 is 5.97 Å². The molecule has 19 heavy (non-hydrogen) atoms. The maximum Gasteiger partial charge on any atom is 0.335 e. The monoisotopic (exact) mass is 254 g/mol. The Kier molecular flexibility index (Phi) is 2.49. The summed E-state index contributed by atoms with van der Waals surface area (Å²) in [6.45, 7) is 1.96. The molecule has 0 aliphatic heterocycles. The van der Waals surface area contributed by atoms with Crippen LogP contribution in [0.25, 0.3) is 17.2 Å². The van der Waals surface area contributed by atoms with Crippen LogP contribution in [-0.2, 0) is 0 Å². The topological polar surface area (TPSA) is 80.4 Å². The second-order valence-corrected chi connectivity index (χ2v) is 4.19. The normalized spacial score (nSPS) is 10.8. The van der Waals surface area contributed by atoms with E-state index in [4.69, 9.17) is 5.11 Å². The number of aryl methyl sites for hydroxylation is 1. The van der Waals surface area contributed by atoms with Crippen LogP contribution >= 0.6 is 0 Å². The molecule has 0 aliphatic carbocycles. The molecule has 6 heteroatoms. The average molecular weight is 254 g/mol. The number of rotatable bonds is 2. The van der Waals surface area contributed by atoms with E-state index in [0.717, 1.165) is 5.56 Å². The van der Waals surface area contributed by atoms with Crippen molar-refractivity contribution in [2.24, 2.45) is 0 Å². The number of carboxylic acids is 1. The highest BCUT2D eigenvalue weighted by atomic mass is 16.4. The summed E-state index contributed by atoms with van der Waals surface area (Å²) in [7, 11) is 0. The minimum absolute atomic E-state index is 0.184. The van der Waals surface area contributed by atoms with Crippen LogP contribution in [0.15, 0.2) is 36.7 Å². The SMILES string of the molecule is Cc1ccc(-c2nnc3cc(C(=O)O)ccn23)nc1. The Morgan fingerprint density at radius 1 is 1.26 bits per heavy atom. The van der Waals surface area contributed by atoms with Crippen LogP contribution in [0.1, 0.15) is 15.9 Å². The summed E-state index contributed by atoms with van der Waals surface area (Å²) in [6.07, 6.45) is 3.39. The van der Waals surface area contributed by atoms with Crippen LogP contribution in [-0.4, -0.2) is 30.7 Å². The first-order chi connectivity index (χ1) is 9.15. The molecule has 3 aromatic rings. The molecule has 0 radical (unpaired) electrons. The molecule has 94 valence electrons. The van der Waals surface area contributed by atoms with Crippen LogP contribution in [0.2, 0.25) is 0 Å². The van der Waals surface area contributed by atoms with Crippen molar-refractivity contribution in [2.75, 3.05) is 0 Å².